The van der Waals surface area contributed by atoms with Crippen LogP contribution >= 0.6 is 27.3 Å². The monoisotopic (exact) mass is 484 g/mol. The number of aryl methyl sites for hydroxylation is 2. The predicted molar refractivity (Wildman–Crippen MR) is 111 cm³/mol. The number of anilines is 1. The number of esters is 1. The number of thiophene rings is 1. The zero-order chi connectivity index (χ0) is 21.1. The molecule has 0 aliphatic heterocycles. The van der Waals surface area contributed by atoms with Gasteiger partial charge >= 0.3 is 11.8 Å². The first-order chi connectivity index (χ1) is 13.8. The molecule has 0 saturated carbocycles. The Bertz CT molecular complexity index is 952. The number of fused-ring (bicyclic) bond motifs is 1. The van der Waals surface area contributed by atoms with Crippen LogP contribution in [0.2, 0.25) is 0 Å². The van der Waals surface area contributed by atoms with Crippen LogP contribution in [0.1, 0.15) is 53.9 Å². The Hall–Kier alpha value is -2.27. The van der Waals surface area contributed by atoms with Gasteiger partial charge in [0.15, 0.2) is 0 Å². The largest absolute Gasteiger partial charge is 0.459 e. The molecule has 2 aromatic rings. The van der Waals surface area contributed by atoms with Crippen molar-refractivity contribution in [2.75, 3.05) is 5.32 Å². The molecule has 1 N–H and O–H groups in total. The lowest BCUT2D eigenvalue weighted by Gasteiger charge is -2.14. The molecular weight excluding hydrogens is 464 g/mol. The van der Waals surface area contributed by atoms with E-state index in [9.17, 15) is 19.7 Å². The smallest absolute Gasteiger partial charge is 0.404 e. The third-order valence-electron chi connectivity index (χ3n) is 4.41. The van der Waals surface area contributed by atoms with E-state index < -0.39 is 10.9 Å². The zero-order valence-electron chi connectivity index (χ0n) is 16.1. The van der Waals surface area contributed by atoms with E-state index in [0.29, 0.717) is 10.6 Å². The standard InChI is InChI=1S/C18H21BrN4O5S/c1-10(2)28-18(25)15-11-5-3-4-6-13(11)29-17(15)20-14(24)7-8-22-9-12(19)16(21-22)23(26)27/h9-10H,3-8H2,1-2H3,(H,20,24). The van der Waals surface area contributed by atoms with Gasteiger partial charge in [0.05, 0.1) is 29.5 Å². The van der Waals surface area contributed by atoms with E-state index in [-0.39, 0.29) is 35.3 Å². The van der Waals surface area contributed by atoms with Crippen LogP contribution in [0, 0.1) is 10.1 Å². The van der Waals surface area contributed by atoms with Gasteiger partial charge in [0, 0.05) is 11.3 Å². The SMILES string of the molecule is CC(C)OC(=O)c1c(NC(=O)CCn2cc(Br)c([N+](=O)[O-])n2)sc2c1CCCC2. The summed E-state index contributed by atoms with van der Waals surface area (Å²) in [5.41, 5.74) is 1.44. The van der Waals surface area contributed by atoms with E-state index in [0.717, 1.165) is 36.1 Å². The molecule has 2 aromatic heterocycles. The van der Waals surface area contributed by atoms with Crippen molar-refractivity contribution < 1.29 is 19.2 Å². The fourth-order valence-electron chi connectivity index (χ4n) is 3.17. The Morgan fingerprint density at radius 1 is 1.41 bits per heavy atom. The minimum Gasteiger partial charge on any atom is -0.459 e. The summed E-state index contributed by atoms with van der Waals surface area (Å²) in [7, 11) is 0. The minimum atomic E-state index is -0.594. The van der Waals surface area contributed by atoms with Gasteiger partial charge in [0.1, 0.15) is 9.47 Å². The normalized spacial score (nSPS) is 13.2. The molecule has 3 rings (SSSR count). The van der Waals surface area contributed by atoms with Crippen molar-refractivity contribution in [3.8, 4) is 0 Å². The number of halogens is 1. The Labute approximate surface area is 179 Å². The molecule has 0 fully saturated rings. The maximum Gasteiger partial charge on any atom is 0.404 e. The van der Waals surface area contributed by atoms with Crippen molar-refractivity contribution >= 4 is 50.0 Å². The van der Waals surface area contributed by atoms with Crippen molar-refractivity contribution in [3.05, 3.63) is 36.8 Å². The summed E-state index contributed by atoms with van der Waals surface area (Å²) in [6.07, 6.45) is 5.03. The molecule has 0 saturated heterocycles. The van der Waals surface area contributed by atoms with Crippen molar-refractivity contribution in [3.63, 3.8) is 0 Å². The van der Waals surface area contributed by atoms with E-state index in [1.807, 2.05) is 0 Å². The van der Waals surface area contributed by atoms with Gasteiger partial charge in [-0.05, 0) is 65.9 Å². The molecule has 0 unspecified atom stereocenters. The van der Waals surface area contributed by atoms with E-state index in [2.05, 4.69) is 26.3 Å². The second-order valence-corrected chi connectivity index (χ2v) is 8.95. The lowest BCUT2D eigenvalue weighted by Crippen LogP contribution is -2.18. The molecule has 9 nitrogen and oxygen atoms in total. The number of carbonyl (C=O) groups is 2. The highest BCUT2D eigenvalue weighted by atomic mass is 79.9. The summed E-state index contributed by atoms with van der Waals surface area (Å²) in [6, 6.07) is 0. The van der Waals surface area contributed by atoms with Crippen LogP contribution < -0.4 is 5.32 Å². The van der Waals surface area contributed by atoms with Crippen LogP contribution in [0.25, 0.3) is 0 Å². The lowest BCUT2D eigenvalue weighted by atomic mass is 9.95. The van der Waals surface area contributed by atoms with E-state index in [1.165, 1.54) is 22.2 Å². The quantitative estimate of drug-likeness (QED) is 0.359. The average Bonchev–Trinajstić information content (AvgIpc) is 3.19. The van der Waals surface area contributed by atoms with Gasteiger partial charge in [-0.3, -0.25) is 4.79 Å². The number of aromatic nitrogens is 2. The molecule has 156 valence electrons. The molecule has 0 bridgehead atoms. The van der Waals surface area contributed by atoms with Crippen LogP contribution in [0.3, 0.4) is 0 Å². The molecule has 1 aliphatic carbocycles. The number of ether oxygens (including phenoxy) is 1. The summed E-state index contributed by atoms with van der Waals surface area (Å²) in [4.78, 5) is 36.5. The summed E-state index contributed by atoms with van der Waals surface area (Å²) in [5.74, 6) is -1.01. The Morgan fingerprint density at radius 3 is 2.79 bits per heavy atom. The van der Waals surface area contributed by atoms with Gasteiger partial charge < -0.3 is 20.2 Å². The van der Waals surface area contributed by atoms with E-state index in [1.54, 1.807) is 13.8 Å². The van der Waals surface area contributed by atoms with Crippen molar-refractivity contribution in [2.24, 2.45) is 0 Å². The predicted octanol–water partition coefficient (Wildman–Crippen LogP) is 4.09. The van der Waals surface area contributed by atoms with Crippen LogP contribution in [0.5, 0.6) is 0 Å². The van der Waals surface area contributed by atoms with Gasteiger partial charge in [-0.2, -0.15) is 4.68 Å². The fraction of sp³-hybridized carbons (Fsp3) is 0.500. The highest BCUT2D eigenvalue weighted by molar-refractivity contribution is 9.10. The van der Waals surface area contributed by atoms with Crippen molar-refractivity contribution in [1.82, 2.24) is 9.78 Å². The highest BCUT2D eigenvalue weighted by Gasteiger charge is 2.28. The van der Waals surface area contributed by atoms with E-state index in [4.69, 9.17) is 4.74 Å². The number of nitro groups is 1. The van der Waals surface area contributed by atoms with Gasteiger partial charge in [0.2, 0.25) is 5.91 Å². The molecule has 0 radical (unpaired) electrons. The molecule has 1 aliphatic rings. The maximum atomic E-state index is 12.6. The van der Waals surface area contributed by atoms with Gasteiger partial charge in [-0.25, -0.2) is 4.79 Å². The maximum absolute atomic E-state index is 12.6. The molecule has 11 heteroatoms. The van der Waals surface area contributed by atoms with Gasteiger partial charge in [0.25, 0.3) is 0 Å². The Kier molecular flexibility index (Phi) is 6.68. The van der Waals surface area contributed by atoms with Crippen LogP contribution in [-0.4, -0.2) is 32.7 Å². The summed E-state index contributed by atoms with van der Waals surface area (Å²) >= 11 is 4.51. The fourth-order valence-corrected chi connectivity index (χ4v) is 4.93. The number of carbonyl (C=O) groups excluding carboxylic acids is 2. The molecule has 0 spiro atoms. The van der Waals surface area contributed by atoms with Crippen LogP contribution in [0.15, 0.2) is 10.7 Å². The molecule has 1 amide bonds. The number of hydrogen-bond donors (Lipinski definition) is 1. The number of nitrogens with one attached hydrogen (secondary N) is 1. The highest BCUT2D eigenvalue weighted by Crippen LogP contribution is 2.38. The summed E-state index contributed by atoms with van der Waals surface area (Å²) in [5, 5.41) is 18.0. The minimum absolute atomic E-state index is 0.0620. The van der Waals surface area contributed by atoms with Gasteiger partial charge in [-0.15, -0.1) is 11.3 Å². The number of hydrogen-bond acceptors (Lipinski definition) is 7. The first-order valence-corrected chi connectivity index (χ1v) is 10.9. The first-order valence-electron chi connectivity index (χ1n) is 9.29. The summed E-state index contributed by atoms with van der Waals surface area (Å²) < 4.78 is 6.98. The summed E-state index contributed by atoms with van der Waals surface area (Å²) in [6.45, 7) is 3.75. The molecule has 2 heterocycles. The van der Waals surface area contributed by atoms with Crippen LogP contribution in [-0.2, 0) is 28.9 Å². The van der Waals surface area contributed by atoms with Crippen LogP contribution in [0.4, 0.5) is 10.8 Å². The second-order valence-electron chi connectivity index (χ2n) is 6.99. The average molecular weight is 485 g/mol. The Morgan fingerprint density at radius 2 is 2.14 bits per heavy atom. The molecule has 29 heavy (non-hydrogen) atoms. The number of rotatable bonds is 7. The van der Waals surface area contributed by atoms with Crippen molar-refractivity contribution in [2.45, 2.75) is 58.6 Å². The zero-order valence-corrected chi connectivity index (χ0v) is 18.5. The lowest BCUT2D eigenvalue weighted by molar-refractivity contribution is -0.390. The Balaban J connectivity index is 1.72. The van der Waals surface area contributed by atoms with E-state index >= 15 is 0 Å². The molecular formula is C18H21BrN4O5S. The number of nitrogens with zero attached hydrogens (tertiary/aromatic N) is 3. The molecule has 0 atom stereocenters. The van der Waals surface area contributed by atoms with Crippen molar-refractivity contribution in [1.29, 1.82) is 0 Å². The number of amides is 1. The topological polar surface area (TPSA) is 116 Å². The third-order valence-corrected chi connectivity index (χ3v) is 6.18. The molecule has 0 aromatic carbocycles. The first kappa shape index (κ1) is 21.4. The second kappa shape index (κ2) is 9.04. The van der Waals surface area contributed by atoms with Gasteiger partial charge in [-0.1, -0.05) is 0 Å². The third kappa shape index (κ3) is 5.02.